The van der Waals surface area contributed by atoms with Crippen molar-refractivity contribution in [3.63, 3.8) is 0 Å². The number of ether oxygens (including phenoxy) is 1. The van der Waals surface area contributed by atoms with Crippen LogP contribution in [-0.4, -0.2) is 67.1 Å². The molecule has 2 heterocycles. The van der Waals surface area contributed by atoms with E-state index in [0.29, 0.717) is 41.6 Å². The molecule has 1 aliphatic carbocycles. The summed E-state index contributed by atoms with van der Waals surface area (Å²) in [4.78, 5) is 21.4. The van der Waals surface area contributed by atoms with Crippen molar-refractivity contribution in [3.05, 3.63) is 17.3 Å². The highest BCUT2D eigenvalue weighted by molar-refractivity contribution is 5.92. The van der Waals surface area contributed by atoms with E-state index in [1.54, 1.807) is 7.11 Å². The van der Waals surface area contributed by atoms with Crippen LogP contribution in [0, 0.1) is 18.8 Å². The summed E-state index contributed by atoms with van der Waals surface area (Å²) in [5.74, 6) is 2.10. The van der Waals surface area contributed by atoms with Crippen LogP contribution in [0.3, 0.4) is 0 Å². The van der Waals surface area contributed by atoms with Gasteiger partial charge in [0.25, 0.3) is 5.91 Å². The highest BCUT2D eigenvalue weighted by atomic mass is 16.5. The molecule has 1 aliphatic heterocycles. The average molecular weight is 335 g/mol. The number of aryl methyl sites for hydroxylation is 2. The molecule has 1 aromatic heterocycles. The highest BCUT2D eigenvalue weighted by Crippen LogP contribution is 2.39. The quantitative estimate of drug-likeness (QED) is 0.842. The molecule has 2 aliphatic rings. The van der Waals surface area contributed by atoms with Gasteiger partial charge < -0.3 is 19.0 Å². The summed E-state index contributed by atoms with van der Waals surface area (Å²) >= 11 is 0. The number of carbonyl (C=O) groups excluding carboxylic acids is 1. The van der Waals surface area contributed by atoms with E-state index in [9.17, 15) is 4.79 Å². The van der Waals surface area contributed by atoms with Crippen LogP contribution in [0.2, 0.25) is 0 Å². The van der Waals surface area contributed by atoms with Crippen molar-refractivity contribution >= 4 is 5.91 Å². The number of fused-ring (bicyclic) bond motifs is 1. The van der Waals surface area contributed by atoms with Gasteiger partial charge in [0, 0.05) is 32.7 Å². The zero-order valence-corrected chi connectivity index (χ0v) is 15.4. The largest absolute Gasteiger partial charge is 0.435 e. The standard InChI is InChI=1S/C18H29N3O3/c1-6-16-19-11(2)17(24-16)18(22)21-9-12-7-14(20(3)4)15(23-5)8-13(12)10-21/h12-15H,6-10H2,1-5H3/t12-,13+,14-,15-/m1/s1. The van der Waals surface area contributed by atoms with Crippen molar-refractivity contribution in [2.75, 3.05) is 34.3 Å². The smallest absolute Gasteiger partial charge is 0.291 e. The monoisotopic (exact) mass is 335 g/mol. The van der Waals surface area contributed by atoms with Crippen LogP contribution in [0.4, 0.5) is 0 Å². The predicted molar refractivity (Wildman–Crippen MR) is 91.0 cm³/mol. The Bertz CT molecular complexity index is 598. The topological polar surface area (TPSA) is 58.8 Å². The van der Waals surface area contributed by atoms with Gasteiger partial charge in [-0.25, -0.2) is 4.98 Å². The Balaban J connectivity index is 1.72. The number of hydrogen-bond acceptors (Lipinski definition) is 5. The maximum atomic E-state index is 12.9. The van der Waals surface area contributed by atoms with Gasteiger partial charge in [-0.2, -0.15) is 0 Å². The molecule has 0 bridgehead atoms. The lowest BCUT2D eigenvalue weighted by Gasteiger charge is -2.40. The summed E-state index contributed by atoms with van der Waals surface area (Å²) in [6.45, 7) is 5.44. The Hall–Kier alpha value is -1.40. The number of likely N-dealkylation sites (tertiary alicyclic amines) is 1. The van der Waals surface area contributed by atoms with Crippen molar-refractivity contribution < 1.29 is 13.9 Å². The van der Waals surface area contributed by atoms with Crippen LogP contribution in [0.5, 0.6) is 0 Å². The van der Waals surface area contributed by atoms with Crippen LogP contribution in [0.15, 0.2) is 4.42 Å². The number of nitrogens with zero attached hydrogens (tertiary/aromatic N) is 3. The van der Waals surface area contributed by atoms with Gasteiger partial charge in [-0.1, -0.05) is 6.92 Å². The molecule has 134 valence electrons. The summed E-state index contributed by atoms with van der Waals surface area (Å²) in [5.41, 5.74) is 0.702. The highest BCUT2D eigenvalue weighted by Gasteiger charge is 2.44. The maximum Gasteiger partial charge on any atom is 0.291 e. The van der Waals surface area contributed by atoms with Crippen LogP contribution < -0.4 is 0 Å². The number of likely N-dealkylation sites (N-methyl/N-ethyl adjacent to an activating group) is 1. The van der Waals surface area contributed by atoms with Crippen molar-refractivity contribution in [1.82, 2.24) is 14.8 Å². The fraction of sp³-hybridized carbons (Fsp3) is 0.778. The maximum absolute atomic E-state index is 12.9. The van der Waals surface area contributed by atoms with E-state index in [1.165, 1.54) is 0 Å². The molecule has 0 radical (unpaired) electrons. The third kappa shape index (κ3) is 3.09. The number of carbonyl (C=O) groups is 1. The predicted octanol–water partition coefficient (Wildman–Crippen LogP) is 1.97. The molecular formula is C18H29N3O3. The lowest BCUT2D eigenvalue weighted by Crippen LogP contribution is -2.47. The lowest BCUT2D eigenvalue weighted by atomic mass is 9.77. The minimum absolute atomic E-state index is 0.00975. The van der Waals surface area contributed by atoms with Crippen LogP contribution in [-0.2, 0) is 11.2 Å². The van der Waals surface area contributed by atoms with Crippen molar-refractivity contribution in [3.8, 4) is 0 Å². The molecule has 6 heteroatoms. The Kier molecular flexibility index (Phi) is 4.97. The van der Waals surface area contributed by atoms with Gasteiger partial charge in [-0.15, -0.1) is 0 Å². The van der Waals surface area contributed by atoms with E-state index < -0.39 is 0 Å². The number of amides is 1. The first-order valence-electron chi connectivity index (χ1n) is 8.89. The van der Waals surface area contributed by atoms with Crippen molar-refractivity contribution in [2.45, 2.75) is 45.3 Å². The summed E-state index contributed by atoms with van der Waals surface area (Å²) in [7, 11) is 6.02. The van der Waals surface area contributed by atoms with E-state index >= 15 is 0 Å². The summed E-state index contributed by atoms with van der Waals surface area (Å²) < 4.78 is 11.4. The first-order valence-corrected chi connectivity index (χ1v) is 8.89. The summed E-state index contributed by atoms with van der Waals surface area (Å²) in [6, 6.07) is 0.421. The first kappa shape index (κ1) is 17.4. The molecule has 6 nitrogen and oxygen atoms in total. The number of hydrogen-bond donors (Lipinski definition) is 0. The molecule has 0 unspecified atom stereocenters. The van der Waals surface area contributed by atoms with Gasteiger partial charge >= 0.3 is 0 Å². The number of oxazole rings is 1. The second-order valence-corrected chi connectivity index (χ2v) is 7.38. The van der Waals surface area contributed by atoms with Crippen molar-refractivity contribution in [2.24, 2.45) is 11.8 Å². The van der Waals surface area contributed by atoms with Gasteiger partial charge in [-0.05, 0) is 45.7 Å². The van der Waals surface area contributed by atoms with E-state index in [2.05, 4.69) is 24.0 Å². The summed E-state index contributed by atoms with van der Waals surface area (Å²) in [5, 5.41) is 0. The van der Waals surface area contributed by atoms with E-state index in [-0.39, 0.29) is 12.0 Å². The Morgan fingerprint density at radius 3 is 2.54 bits per heavy atom. The number of aromatic nitrogens is 1. The molecule has 1 amide bonds. The molecule has 4 atom stereocenters. The molecule has 0 aromatic carbocycles. The zero-order valence-electron chi connectivity index (χ0n) is 15.4. The van der Waals surface area contributed by atoms with E-state index in [4.69, 9.17) is 9.15 Å². The van der Waals surface area contributed by atoms with Crippen LogP contribution >= 0.6 is 0 Å². The second kappa shape index (κ2) is 6.84. The fourth-order valence-electron chi connectivity index (χ4n) is 4.30. The molecule has 2 fully saturated rings. The Morgan fingerprint density at radius 1 is 1.33 bits per heavy atom. The van der Waals surface area contributed by atoms with Crippen LogP contribution in [0.25, 0.3) is 0 Å². The lowest BCUT2D eigenvalue weighted by molar-refractivity contribution is -0.0209. The number of rotatable bonds is 4. The van der Waals surface area contributed by atoms with Gasteiger partial charge in [-0.3, -0.25) is 4.79 Å². The molecule has 0 spiro atoms. The van der Waals surface area contributed by atoms with Gasteiger partial charge in [0.05, 0.1) is 11.8 Å². The van der Waals surface area contributed by atoms with Crippen molar-refractivity contribution in [1.29, 1.82) is 0 Å². The SMILES string of the molecule is CCc1nc(C)c(C(=O)N2C[C@H]3C[C@@H](N(C)C)[C@H](OC)C[C@H]3C2)o1. The minimum atomic E-state index is -0.00975. The van der Waals surface area contributed by atoms with E-state index in [0.717, 1.165) is 25.9 Å². The normalized spacial score (nSPS) is 30.0. The minimum Gasteiger partial charge on any atom is -0.435 e. The average Bonchev–Trinajstić information content (AvgIpc) is 3.15. The first-order chi connectivity index (χ1) is 11.4. The summed E-state index contributed by atoms with van der Waals surface area (Å²) in [6.07, 6.45) is 3.05. The fourth-order valence-corrected chi connectivity index (χ4v) is 4.30. The third-order valence-electron chi connectivity index (χ3n) is 5.68. The van der Waals surface area contributed by atoms with Gasteiger partial charge in [0.15, 0.2) is 5.89 Å². The molecule has 1 saturated carbocycles. The molecule has 24 heavy (non-hydrogen) atoms. The molecule has 3 rings (SSSR count). The Morgan fingerprint density at radius 2 is 2.00 bits per heavy atom. The van der Waals surface area contributed by atoms with E-state index in [1.807, 2.05) is 18.7 Å². The van der Waals surface area contributed by atoms with Gasteiger partial charge in [0.1, 0.15) is 0 Å². The molecular weight excluding hydrogens is 306 g/mol. The number of methoxy groups -OCH3 is 1. The van der Waals surface area contributed by atoms with Gasteiger partial charge in [0.2, 0.25) is 5.76 Å². The molecule has 1 saturated heterocycles. The Labute approximate surface area is 144 Å². The second-order valence-electron chi connectivity index (χ2n) is 7.38. The zero-order chi connectivity index (χ0) is 17.4. The molecule has 1 aromatic rings. The third-order valence-corrected chi connectivity index (χ3v) is 5.68. The molecule has 0 N–H and O–H groups in total. The van der Waals surface area contributed by atoms with Crippen LogP contribution in [0.1, 0.15) is 41.9 Å².